The Bertz CT molecular complexity index is 732. The fraction of sp³-hybridized carbons (Fsp3) is 0.250. The van der Waals surface area contributed by atoms with Gasteiger partial charge in [-0.25, -0.2) is 4.39 Å². The van der Waals surface area contributed by atoms with Crippen LogP contribution < -0.4 is 10.1 Å². The van der Waals surface area contributed by atoms with E-state index in [9.17, 15) is 22.4 Å². The quantitative estimate of drug-likeness (QED) is 0.845. The van der Waals surface area contributed by atoms with Crippen molar-refractivity contribution in [2.45, 2.75) is 19.6 Å². The average Bonchev–Trinajstić information content (AvgIpc) is 2.54. The molecular formula is C16H14F4N2O2. The van der Waals surface area contributed by atoms with Crippen LogP contribution in [0.5, 0.6) is 5.75 Å². The van der Waals surface area contributed by atoms with Crippen LogP contribution in [0.25, 0.3) is 0 Å². The van der Waals surface area contributed by atoms with Gasteiger partial charge in [0.25, 0.3) is 5.91 Å². The van der Waals surface area contributed by atoms with Gasteiger partial charge in [0.05, 0.1) is 12.2 Å². The van der Waals surface area contributed by atoms with Crippen LogP contribution in [0.15, 0.2) is 36.5 Å². The first kappa shape index (κ1) is 17.7. The van der Waals surface area contributed by atoms with E-state index in [1.807, 2.05) is 0 Å². The predicted octanol–water partition coefficient (Wildman–Crippen LogP) is 3.57. The summed E-state index contributed by atoms with van der Waals surface area (Å²) >= 11 is 0. The molecule has 0 bridgehead atoms. The van der Waals surface area contributed by atoms with Gasteiger partial charge in [-0.15, -0.1) is 0 Å². The average molecular weight is 342 g/mol. The van der Waals surface area contributed by atoms with Crippen molar-refractivity contribution in [1.29, 1.82) is 0 Å². The molecule has 1 amide bonds. The molecule has 128 valence electrons. The second-order valence-corrected chi connectivity index (χ2v) is 4.78. The van der Waals surface area contributed by atoms with Crippen molar-refractivity contribution in [2.75, 3.05) is 6.61 Å². The molecule has 1 aromatic carbocycles. The normalized spacial score (nSPS) is 11.2. The summed E-state index contributed by atoms with van der Waals surface area (Å²) in [5.41, 5.74) is -1.46. The van der Waals surface area contributed by atoms with Crippen LogP contribution in [0, 0.1) is 5.82 Å². The van der Waals surface area contributed by atoms with Crippen LogP contribution in [0.1, 0.15) is 28.5 Å². The molecule has 0 saturated heterocycles. The maximum absolute atomic E-state index is 13.7. The Labute approximate surface area is 135 Å². The number of carbonyl (C=O) groups is 1. The fourth-order valence-corrected chi connectivity index (χ4v) is 2.02. The number of pyridine rings is 1. The standard InChI is InChI=1S/C16H14F4N2O2/c1-2-24-13-6-5-10(8-12(13)17)9-22-15(23)11-4-3-7-21-14(11)16(18,19)20/h3-8H,2,9H2,1H3,(H,22,23). The van der Waals surface area contributed by atoms with Crippen LogP contribution in [-0.2, 0) is 12.7 Å². The molecule has 0 fully saturated rings. The predicted molar refractivity (Wildman–Crippen MR) is 78.0 cm³/mol. The first-order valence-electron chi connectivity index (χ1n) is 7.04. The number of rotatable bonds is 5. The summed E-state index contributed by atoms with van der Waals surface area (Å²) in [4.78, 5) is 15.2. The van der Waals surface area contributed by atoms with E-state index in [-0.39, 0.29) is 12.3 Å². The minimum atomic E-state index is -4.74. The van der Waals surface area contributed by atoms with Crippen molar-refractivity contribution in [3.63, 3.8) is 0 Å². The molecule has 0 aliphatic carbocycles. The third kappa shape index (κ3) is 4.21. The number of benzene rings is 1. The Balaban J connectivity index is 2.11. The number of hydrogen-bond donors (Lipinski definition) is 1. The lowest BCUT2D eigenvalue weighted by atomic mass is 10.1. The van der Waals surface area contributed by atoms with Crippen molar-refractivity contribution >= 4 is 5.91 Å². The first-order chi connectivity index (χ1) is 11.3. The molecule has 0 unspecified atom stereocenters. The molecule has 1 N–H and O–H groups in total. The zero-order chi connectivity index (χ0) is 17.7. The molecule has 0 aliphatic rings. The second-order valence-electron chi connectivity index (χ2n) is 4.78. The van der Waals surface area contributed by atoms with E-state index in [4.69, 9.17) is 4.74 Å². The van der Waals surface area contributed by atoms with Crippen molar-refractivity contribution < 1.29 is 27.1 Å². The van der Waals surface area contributed by atoms with E-state index in [0.717, 1.165) is 18.3 Å². The van der Waals surface area contributed by atoms with E-state index in [2.05, 4.69) is 10.3 Å². The Morgan fingerprint density at radius 2 is 2.04 bits per heavy atom. The summed E-state index contributed by atoms with van der Waals surface area (Å²) in [6.45, 7) is 1.88. The number of hydrogen-bond acceptors (Lipinski definition) is 3. The van der Waals surface area contributed by atoms with Gasteiger partial charge in [0.15, 0.2) is 17.3 Å². The van der Waals surface area contributed by atoms with Gasteiger partial charge in [0.2, 0.25) is 0 Å². The minimum Gasteiger partial charge on any atom is -0.491 e. The van der Waals surface area contributed by atoms with E-state index in [1.165, 1.54) is 18.2 Å². The van der Waals surface area contributed by atoms with Crippen molar-refractivity contribution in [3.05, 3.63) is 59.2 Å². The van der Waals surface area contributed by atoms with Gasteiger partial charge >= 0.3 is 6.18 Å². The molecule has 8 heteroatoms. The molecule has 1 heterocycles. The SMILES string of the molecule is CCOc1ccc(CNC(=O)c2cccnc2C(F)(F)F)cc1F. The highest BCUT2D eigenvalue weighted by Crippen LogP contribution is 2.30. The van der Waals surface area contributed by atoms with E-state index in [0.29, 0.717) is 12.2 Å². The van der Waals surface area contributed by atoms with Crippen molar-refractivity contribution in [1.82, 2.24) is 10.3 Å². The first-order valence-corrected chi connectivity index (χ1v) is 7.04. The molecule has 0 saturated carbocycles. The highest BCUT2D eigenvalue weighted by Gasteiger charge is 2.36. The molecule has 0 atom stereocenters. The van der Waals surface area contributed by atoms with Gasteiger partial charge in [-0.1, -0.05) is 6.07 Å². The lowest BCUT2D eigenvalue weighted by Gasteiger charge is -2.12. The molecule has 2 rings (SSSR count). The smallest absolute Gasteiger partial charge is 0.434 e. The number of halogens is 4. The molecule has 0 spiro atoms. The highest BCUT2D eigenvalue weighted by molar-refractivity contribution is 5.95. The number of amides is 1. The van der Waals surface area contributed by atoms with Gasteiger partial charge in [-0.2, -0.15) is 13.2 Å². The van der Waals surface area contributed by atoms with Crippen molar-refractivity contribution in [3.8, 4) is 5.75 Å². The number of nitrogens with one attached hydrogen (secondary N) is 1. The third-order valence-electron chi connectivity index (χ3n) is 3.07. The van der Waals surface area contributed by atoms with Crippen LogP contribution in [0.4, 0.5) is 17.6 Å². The monoisotopic (exact) mass is 342 g/mol. The fourth-order valence-electron chi connectivity index (χ4n) is 2.02. The van der Waals surface area contributed by atoms with Crippen LogP contribution >= 0.6 is 0 Å². The largest absolute Gasteiger partial charge is 0.491 e. The molecule has 1 aromatic heterocycles. The zero-order valence-corrected chi connectivity index (χ0v) is 12.7. The summed E-state index contributed by atoms with van der Waals surface area (Å²) in [5, 5.41) is 2.32. The van der Waals surface area contributed by atoms with Crippen molar-refractivity contribution in [2.24, 2.45) is 0 Å². The summed E-state index contributed by atoms with van der Waals surface area (Å²) < 4.78 is 57.3. The van der Waals surface area contributed by atoms with Gasteiger partial charge in [-0.3, -0.25) is 9.78 Å². The number of nitrogens with zero attached hydrogens (tertiary/aromatic N) is 1. The molecule has 0 aliphatic heterocycles. The lowest BCUT2D eigenvalue weighted by molar-refractivity contribution is -0.141. The van der Waals surface area contributed by atoms with E-state index < -0.39 is 29.2 Å². The molecular weight excluding hydrogens is 328 g/mol. The topological polar surface area (TPSA) is 51.2 Å². The molecule has 2 aromatic rings. The van der Waals surface area contributed by atoms with Gasteiger partial charge < -0.3 is 10.1 Å². The van der Waals surface area contributed by atoms with Crippen LogP contribution in [-0.4, -0.2) is 17.5 Å². The Morgan fingerprint density at radius 1 is 1.29 bits per heavy atom. The number of carbonyl (C=O) groups excluding carboxylic acids is 1. The highest BCUT2D eigenvalue weighted by atomic mass is 19.4. The second kappa shape index (κ2) is 7.29. The number of ether oxygens (including phenoxy) is 1. The summed E-state index contributed by atoms with van der Waals surface area (Å²) in [7, 11) is 0. The summed E-state index contributed by atoms with van der Waals surface area (Å²) in [5.74, 6) is -1.48. The van der Waals surface area contributed by atoms with Crippen LogP contribution in [0.2, 0.25) is 0 Å². The maximum Gasteiger partial charge on any atom is 0.434 e. The van der Waals surface area contributed by atoms with Gasteiger partial charge in [0, 0.05) is 12.7 Å². The zero-order valence-electron chi connectivity index (χ0n) is 12.7. The third-order valence-corrected chi connectivity index (χ3v) is 3.07. The van der Waals surface area contributed by atoms with Crippen LogP contribution in [0.3, 0.4) is 0 Å². The Hall–Kier alpha value is -2.64. The Kier molecular flexibility index (Phi) is 5.38. The van der Waals surface area contributed by atoms with Gasteiger partial charge in [0.1, 0.15) is 0 Å². The Morgan fingerprint density at radius 3 is 2.67 bits per heavy atom. The minimum absolute atomic E-state index is 0.0687. The molecule has 0 radical (unpaired) electrons. The molecule has 4 nitrogen and oxygen atoms in total. The van der Waals surface area contributed by atoms with E-state index >= 15 is 0 Å². The maximum atomic E-state index is 13.7. The summed E-state index contributed by atoms with van der Waals surface area (Å²) in [6.07, 6.45) is -3.78. The van der Waals surface area contributed by atoms with E-state index in [1.54, 1.807) is 6.92 Å². The number of aromatic nitrogens is 1. The molecule has 24 heavy (non-hydrogen) atoms. The van der Waals surface area contributed by atoms with Gasteiger partial charge in [-0.05, 0) is 36.8 Å². The summed E-state index contributed by atoms with van der Waals surface area (Å²) in [6, 6.07) is 6.33. The lowest BCUT2D eigenvalue weighted by Crippen LogP contribution is -2.26. The number of alkyl halides is 3.